The van der Waals surface area contributed by atoms with Gasteiger partial charge in [-0.25, -0.2) is 13.6 Å². The van der Waals surface area contributed by atoms with Gasteiger partial charge in [-0.05, 0) is 49.1 Å². The van der Waals surface area contributed by atoms with Gasteiger partial charge in [0.15, 0.2) is 0 Å². The van der Waals surface area contributed by atoms with Crippen molar-refractivity contribution in [2.24, 2.45) is 11.3 Å². The van der Waals surface area contributed by atoms with E-state index in [1.165, 1.54) is 0 Å². The van der Waals surface area contributed by atoms with E-state index in [0.717, 1.165) is 29.7 Å². The van der Waals surface area contributed by atoms with Crippen molar-refractivity contribution in [3.8, 4) is 0 Å². The molecule has 0 spiro atoms. The van der Waals surface area contributed by atoms with E-state index in [9.17, 15) is 18.4 Å². The van der Waals surface area contributed by atoms with E-state index in [2.05, 4.69) is 17.2 Å². The SMILES string of the molecule is C=C1CC2COC(=O)C2(Cc2ccc(NC(=O)Nc3ccc(F)cc3F)cc2)C1. The predicted octanol–water partition coefficient (Wildman–Crippen LogP) is 4.66. The monoisotopic (exact) mass is 398 g/mol. The minimum atomic E-state index is -0.856. The molecule has 0 bridgehead atoms. The van der Waals surface area contributed by atoms with Gasteiger partial charge < -0.3 is 15.4 Å². The van der Waals surface area contributed by atoms with Crippen molar-refractivity contribution in [3.05, 3.63) is 71.8 Å². The number of halogens is 2. The van der Waals surface area contributed by atoms with Gasteiger partial charge in [0.25, 0.3) is 0 Å². The summed E-state index contributed by atoms with van der Waals surface area (Å²) in [5.41, 5.74) is 1.89. The van der Waals surface area contributed by atoms with Gasteiger partial charge in [0.2, 0.25) is 0 Å². The van der Waals surface area contributed by atoms with Crippen LogP contribution in [0.2, 0.25) is 0 Å². The number of carbonyl (C=O) groups is 2. The van der Waals surface area contributed by atoms with E-state index in [-0.39, 0.29) is 17.6 Å². The van der Waals surface area contributed by atoms with Gasteiger partial charge in [0, 0.05) is 17.7 Å². The average Bonchev–Trinajstić information content (AvgIpc) is 3.13. The van der Waals surface area contributed by atoms with Gasteiger partial charge in [-0.1, -0.05) is 24.3 Å². The minimum absolute atomic E-state index is 0.119. The molecule has 0 aromatic heterocycles. The number of hydrogen-bond donors (Lipinski definition) is 2. The molecule has 1 heterocycles. The van der Waals surface area contributed by atoms with E-state index in [4.69, 9.17) is 4.74 Å². The largest absolute Gasteiger partial charge is 0.465 e. The Kier molecular flexibility index (Phi) is 4.82. The Labute approximate surface area is 166 Å². The molecule has 150 valence electrons. The third kappa shape index (κ3) is 3.72. The Hall–Kier alpha value is -3.22. The van der Waals surface area contributed by atoms with E-state index >= 15 is 0 Å². The number of allylic oxidation sites excluding steroid dienone is 1. The van der Waals surface area contributed by atoms with Crippen LogP contribution in [0.5, 0.6) is 0 Å². The molecule has 2 amide bonds. The summed E-state index contributed by atoms with van der Waals surface area (Å²) in [6.45, 7) is 4.48. The molecule has 2 fully saturated rings. The number of anilines is 2. The summed E-state index contributed by atoms with van der Waals surface area (Å²) in [6, 6.07) is 9.37. The van der Waals surface area contributed by atoms with E-state index in [1.807, 2.05) is 12.1 Å². The molecule has 1 saturated heterocycles. The molecule has 0 radical (unpaired) electrons. The highest BCUT2D eigenvalue weighted by atomic mass is 19.1. The second-order valence-electron chi connectivity index (χ2n) is 7.66. The molecule has 5 nitrogen and oxygen atoms in total. The third-order valence-electron chi connectivity index (χ3n) is 5.61. The summed E-state index contributed by atoms with van der Waals surface area (Å²) in [7, 11) is 0. The van der Waals surface area contributed by atoms with Gasteiger partial charge in [-0.15, -0.1) is 0 Å². The predicted molar refractivity (Wildman–Crippen MR) is 104 cm³/mol. The van der Waals surface area contributed by atoms with E-state index in [1.54, 1.807) is 12.1 Å². The number of rotatable bonds is 4. The second kappa shape index (κ2) is 7.31. The number of nitrogens with one attached hydrogen (secondary N) is 2. The summed E-state index contributed by atoms with van der Waals surface area (Å²) >= 11 is 0. The Bertz CT molecular complexity index is 990. The van der Waals surface area contributed by atoms with Crippen LogP contribution in [0.1, 0.15) is 18.4 Å². The number of fused-ring (bicyclic) bond motifs is 1. The Morgan fingerprint density at radius 3 is 2.66 bits per heavy atom. The van der Waals surface area contributed by atoms with Crippen LogP contribution in [0.15, 0.2) is 54.6 Å². The number of urea groups is 1. The molecular formula is C22H20F2N2O3. The Morgan fingerprint density at radius 1 is 1.17 bits per heavy atom. The highest BCUT2D eigenvalue weighted by Gasteiger charge is 2.55. The van der Waals surface area contributed by atoms with Crippen molar-refractivity contribution in [1.29, 1.82) is 0 Å². The number of benzene rings is 2. The lowest BCUT2D eigenvalue weighted by Gasteiger charge is -2.24. The van der Waals surface area contributed by atoms with Gasteiger partial charge in [-0.2, -0.15) is 0 Å². The fourth-order valence-electron chi connectivity index (χ4n) is 4.21. The third-order valence-corrected chi connectivity index (χ3v) is 5.61. The van der Waals surface area contributed by atoms with E-state index < -0.39 is 23.1 Å². The van der Waals surface area contributed by atoms with Crippen LogP contribution >= 0.6 is 0 Å². The second-order valence-corrected chi connectivity index (χ2v) is 7.66. The van der Waals surface area contributed by atoms with Crippen LogP contribution < -0.4 is 10.6 Å². The molecule has 2 aromatic rings. The number of ether oxygens (including phenoxy) is 1. The molecule has 29 heavy (non-hydrogen) atoms. The molecule has 2 unspecified atom stereocenters. The summed E-state index contributed by atoms with van der Waals surface area (Å²) in [6.07, 6.45) is 2.01. The quantitative estimate of drug-likeness (QED) is 0.581. The standard InChI is InChI=1S/C22H20F2N2O3/c1-13-8-15-12-29-20(27)22(15,10-13)11-14-2-5-17(6-3-14)25-21(28)26-19-7-4-16(23)9-18(19)24/h2-7,9,15H,1,8,10-12H2,(H2,25,26,28). The van der Waals surface area contributed by atoms with Gasteiger partial charge >= 0.3 is 12.0 Å². The minimum Gasteiger partial charge on any atom is -0.465 e. The lowest BCUT2D eigenvalue weighted by atomic mass is 9.75. The Morgan fingerprint density at radius 2 is 1.93 bits per heavy atom. The van der Waals surface area contributed by atoms with Gasteiger partial charge in [0.1, 0.15) is 11.6 Å². The number of esters is 1. The molecule has 1 aliphatic heterocycles. The fraction of sp³-hybridized carbons (Fsp3) is 0.273. The lowest BCUT2D eigenvalue weighted by molar-refractivity contribution is -0.146. The zero-order chi connectivity index (χ0) is 20.6. The summed E-state index contributed by atoms with van der Waals surface area (Å²) in [4.78, 5) is 24.4. The number of amides is 2. The summed E-state index contributed by atoms with van der Waals surface area (Å²) in [5, 5.41) is 4.93. The molecule has 2 aliphatic rings. The van der Waals surface area contributed by atoms with Crippen LogP contribution in [-0.4, -0.2) is 18.6 Å². The maximum absolute atomic E-state index is 13.6. The Balaban J connectivity index is 1.41. The van der Waals surface area contributed by atoms with Crippen LogP contribution in [0.3, 0.4) is 0 Å². The van der Waals surface area contributed by atoms with Gasteiger partial charge in [-0.3, -0.25) is 4.79 Å². The molecule has 4 rings (SSSR count). The van der Waals surface area contributed by atoms with Crippen molar-refractivity contribution < 1.29 is 23.1 Å². The van der Waals surface area contributed by atoms with Crippen LogP contribution in [0.25, 0.3) is 0 Å². The summed E-state index contributed by atoms with van der Waals surface area (Å²) < 4.78 is 31.9. The first-order chi connectivity index (χ1) is 13.9. The maximum Gasteiger partial charge on any atom is 0.323 e. The highest BCUT2D eigenvalue weighted by Crippen LogP contribution is 2.52. The fourth-order valence-corrected chi connectivity index (χ4v) is 4.21. The average molecular weight is 398 g/mol. The van der Waals surface area contributed by atoms with Gasteiger partial charge in [0.05, 0.1) is 17.7 Å². The lowest BCUT2D eigenvalue weighted by Crippen LogP contribution is -2.31. The molecule has 7 heteroatoms. The van der Waals surface area contributed by atoms with Crippen molar-refractivity contribution >= 4 is 23.4 Å². The number of carbonyl (C=O) groups excluding carboxylic acids is 2. The first-order valence-electron chi connectivity index (χ1n) is 9.31. The molecule has 2 atom stereocenters. The zero-order valence-corrected chi connectivity index (χ0v) is 15.6. The zero-order valence-electron chi connectivity index (χ0n) is 15.6. The number of cyclic esters (lactones) is 1. The number of hydrogen-bond acceptors (Lipinski definition) is 3. The smallest absolute Gasteiger partial charge is 0.323 e. The van der Waals surface area contributed by atoms with Crippen molar-refractivity contribution in [1.82, 2.24) is 0 Å². The highest BCUT2D eigenvalue weighted by molar-refractivity contribution is 5.99. The summed E-state index contributed by atoms with van der Waals surface area (Å²) in [5.74, 6) is -1.57. The topological polar surface area (TPSA) is 67.4 Å². The molecule has 2 aromatic carbocycles. The first-order valence-corrected chi connectivity index (χ1v) is 9.31. The van der Waals surface area contributed by atoms with Crippen LogP contribution in [-0.2, 0) is 16.0 Å². The van der Waals surface area contributed by atoms with Crippen molar-refractivity contribution in [2.45, 2.75) is 19.3 Å². The normalized spacial score (nSPS) is 22.9. The van der Waals surface area contributed by atoms with Crippen molar-refractivity contribution in [3.63, 3.8) is 0 Å². The molecule has 1 saturated carbocycles. The van der Waals surface area contributed by atoms with Crippen LogP contribution in [0.4, 0.5) is 25.0 Å². The molecule has 2 N–H and O–H groups in total. The molecular weight excluding hydrogens is 378 g/mol. The molecule has 1 aliphatic carbocycles. The maximum atomic E-state index is 13.6. The van der Waals surface area contributed by atoms with E-state index in [0.29, 0.717) is 31.2 Å². The van der Waals surface area contributed by atoms with Crippen molar-refractivity contribution in [2.75, 3.05) is 17.2 Å². The van der Waals surface area contributed by atoms with Crippen LogP contribution in [0, 0.1) is 23.0 Å². The first kappa shape index (κ1) is 19.1.